The van der Waals surface area contributed by atoms with Gasteiger partial charge in [-0.1, -0.05) is 16.8 Å². The Morgan fingerprint density at radius 3 is 2.86 bits per heavy atom. The summed E-state index contributed by atoms with van der Waals surface area (Å²) >= 11 is 5.54. The molecule has 1 aromatic carbocycles. The van der Waals surface area contributed by atoms with Crippen LogP contribution in [0.2, 0.25) is 5.02 Å². The quantitative estimate of drug-likeness (QED) is 0.530. The van der Waals surface area contributed by atoms with E-state index in [0.717, 1.165) is 0 Å². The summed E-state index contributed by atoms with van der Waals surface area (Å²) < 4.78 is 13.4. The number of halogens is 2. The van der Waals surface area contributed by atoms with Gasteiger partial charge in [0.25, 0.3) is 0 Å². The zero-order valence-corrected chi connectivity index (χ0v) is 7.68. The van der Waals surface area contributed by atoms with Crippen molar-refractivity contribution in [1.82, 2.24) is 0 Å². The van der Waals surface area contributed by atoms with Crippen molar-refractivity contribution in [3.05, 3.63) is 34.1 Å². The molecule has 0 heterocycles. The number of carbonyl (C=O) groups is 1. The molecule has 0 fully saturated rings. The number of carbonyl (C=O) groups excluding carboxylic acids is 1. The van der Waals surface area contributed by atoms with Gasteiger partial charge in [0.15, 0.2) is 0 Å². The van der Waals surface area contributed by atoms with E-state index in [1.54, 1.807) is 0 Å². The molecule has 0 radical (unpaired) electrons. The zero-order valence-electron chi connectivity index (χ0n) is 6.92. The molecule has 0 atom stereocenters. The van der Waals surface area contributed by atoms with Crippen LogP contribution in [-0.2, 0) is 6.42 Å². The molecule has 1 N–H and O–H groups in total. The van der Waals surface area contributed by atoms with Crippen molar-refractivity contribution < 1.29 is 14.4 Å². The summed E-state index contributed by atoms with van der Waals surface area (Å²) in [6.07, 6.45) is -0.00292. The molecule has 0 aliphatic heterocycles. The molecule has 0 aromatic heterocycles. The van der Waals surface area contributed by atoms with Crippen LogP contribution >= 0.6 is 11.6 Å². The lowest BCUT2D eigenvalue weighted by molar-refractivity contribution is 0.106. The van der Waals surface area contributed by atoms with Crippen LogP contribution in [0.25, 0.3) is 0 Å². The number of ketones is 1. The first-order valence-corrected chi connectivity index (χ1v) is 4.25. The third-order valence-corrected chi connectivity index (χ3v) is 2.46. The van der Waals surface area contributed by atoms with E-state index >= 15 is 0 Å². The first kappa shape index (κ1) is 9.15. The molecule has 1 aromatic rings. The van der Waals surface area contributed by atoms with E-state index in [2.05, 4.69) is 5.16 Å². The smallest absolute Gasteiger partial charge is 0.211 e. The highest BCUT2D eigenvalue weighted by Gasteiger charge is 2.30. The van der Waals surface area contributed by atoms with E-state index in [-0.39, 0.29) is 28.3 Å². The predicted molar refractivity (Wildman–Crippen MR) is 48.7 cm³/mol. The Bertz CT molecular complexity index is 456. The minimum absolute atomic E-state index is 0.00292. The van der Waals surface area contributed by atoms with E-state index < -0.39 is 11.6 Å². The zero-order chi connectivity index (χ0) is 10.3. The number of benzene rings is 1. The van der Waals surface area contributed by atoms with E-state index in [4.69, 9.17) is 16.8 Å². The van der Waals surface area contributed by atoms with Gasteiger partial charge in [0.2, 0.25) is 5.78 Å². The van der Waals surface area contributed by atoms with Crippen LogP contribution in [0.1, 0.15) is 15.9 Å². The predicted octanol–water partition coefficient (Wildman–Crippen LogP) is 2.05. The fourth-order valence-electron chi connectivity index (χ4n) is 1.46. The molecule has 5 heteroatoms. The van der Waals surface area contributed by atoms with E-state index in [0.29, 0.717) is 0 Å². The number of nitrogens with zero attached hydrogens (tertiary/aromatic N) is 1. The number of hydrogen-bond acceptors (Lipinski definition) is 3. The van der Waals surface area contributed by atoms with Crippen molar-refractivity contribution in [2.24, 2.45) is 5.16 Å². The summed E-state index contributed by atoms with van der Waals surface area (Å²) in [6, 6.07) is 2.75. The number of rotatable bonds is 0. The molecular weight excluding hydrogens is 209 g/mol. The molecule has 3 nitrogen and oxygen atoms in total. The van der Waals surface area contributed by atoms with Gasteiger partial charge in [0.1, 0.15) is 11.5 Å². The fraction of sp³-hybridized carbons (Fsp3) is 0.111. The molecule has 1 aliphatic rings. The third-order valence-electron chi connectivity index (χ3n) is 2.17. The molecule has 0 bridgehead atoms. The van der Waals surface area contributed by atoms with Crippen LogP contribution in [0.4, 0.5) is 4.39 Å². The molecule has 0 spiro atoms. The van der Waals surface area contributed by atoms with E-state index in [9.17, 15) is 9.18 Å². The highest BCUT2D eigenvalue weighted by atomic mass is 35.5. The van der Waals surface area contributed by atoms with E-state index in [1.807, 2.05) is 0 Å². The first-order chi connectivity index (χ1) is 6.65. The van der Waals surface area contributed by atoms with Crippen molar-refractivity contribution in [2.75, 3.05) is 0 Å². The molecule has 14 heavy (non-hydrogen) atoms. The van der Waals surface area contributed by atoms with Crippen LogP contribution in [0, 0.1) is 5.82 Å². The highest BCUT2D eigenvalue weighted by molar-refractivity contribution is 6.49. The lowest BCUT2D eigenvalue weighted by atomic mass is 10.1. The summed E-state index contributed by atoms with van der Waals surface area (Å²) in [5.41, 5.74) is 0.371. The molecular formula is C9H5ClFNO2. The molecule has 1 aliphatic carbocycles. The molecule has 0 saturated carbocycles. The van der Waals surface area contributed by atoms with Gasteiger partial charge in [0.05, 0.1) is 5.02 Å². The molecule has 0 amide bonds. The lowest BCUT2D eigenvalue weighted by Gasteiger charge is -1.99. The molecule has 2 rings (SSSR count). The Hall–Kier alpha value is -1.42. The summed E-state index contributed by atoms with van der Waals surface area (Å²) in [5, 5.41) is 11.3. The van der Waals surface area contributed by atoms with Gasteiger partial charge in [0, 0.05) is 17.5 Å². The number of hydrogen-bond donors (Lipinski definition) is 1. The Kier molecular flexibility index (Phi) is 2.00. The summed E-state index contributed by atoms with van der Waals surface area (Å²) in [6.45, 7) is 0. The summed E-state index contributed by atoms with van der Waals surface area (Å²) in [4.78, 5) is 11.4. The maximum atomic E-state index is 13.4. The number of fused-ring (bicyclic) bond motifs is 1. The van der Waals surface area contributed by atoms with Crippen LogP contribution in [0.5, 0.6) is 0 Å². The maximum Gasteiger partial charge on any atom is 0.211 e. The normalized spacial score (nSPS) is 17.6. The Morgan fingerprint density at radius 2 is 2.21 bits per heavy atom. The van der Waals surface area contributed by atoms with Crippen LogP contribution < -0.4 is 0 Å². The number of Topliss-reactive ketones (excluding diaryl/α,β-unsaturated/α-hetero) is 1. The molecule has 0 unspecified atom stereocenters. The van der Waals surface area contributed by atoms with Crippen molar-refractivity contribution in [3.63, 3.8) is 0 Å². The fourth-order valence-corrected chi connectivity index (χ4v) is 1.64. The Labute approximate surface area is 83.8 Å². The minimum Gasteiger partial charge on any atom is -0.411 e. The van der Waals surface area contributed by atoms with Crippen molar-refractivity contribution in [3.8, 4) is 0 Å². The second-order valence-corrected chi connectivity index (χ2v) is 3.35. The van der Waals surface area contributed by atoms with Crippen molar-refractivity contribution in [1.29, 1.82) is 0 Å². The number of oxime groups is 1. The van der Waals surface area contributed by atoms with Gasteiger partial charge in [-0.05, 0) is 12.1 Å². The van der Waals surface area contributed by atoms with Gasteiger partial charge in [-0.25, -0.2) is 4.39 Å². The largest absolute Gasteiger partial charge is 0.411 e. The van der Waals surface area contributed by atoms with Gasteiger partial charge >= 0.3 is 0 Å². The minimum atomic E-state index is -0.615. The van der Waals surface area contributed by atoms with Gasteiger partial charge in [-0.2, -0.15) is 0 Å². The van der Waals surface area contributed by atoms with Gasteiger partial charge in [-0.15, -0.1) is 0 Å². The van der Waals surface area contributed by atoms with E-state index in [1.165, 1.54) is 12.1 Å². The van der Waals surface area contributed by atoms with Crippen LogP contribution in [0.15, 0.2) is 17.3 Å². The van der Waals surface area contributed by atoms with Gasteiger partial charge in [-0.3, -0.25) is 4.79 Å². The SMILES string of the molecule is O=C1C(=NO)Cc2c1ccc(Cl)c2F. The average Bonchev–Trinajstić information content (AvgIpc) is 2.50. The van der Waals surface area contributed by atoms with Gasteiger partial charge < -0.3 is 5.21 Å². The van der Waals surface area contributed by atoms with Crippen LogP contribution in [-0.4, -0.2) is 16.7 Å². The van der Waals surface area contributed by atoms with Crippen molar-refractivity contribution >= 4 is 23.1 Å². The topological polar surface area (TPSA) is 49.7 Å². The third kappa shape index (κ3) is 1.11. The molecule has 0 saturated heterocycles. The second kappa shape index (κ2) is 3.06. The van der Waals surface area contributed by atoms with Crippen LogP contribution in [0.3, 0.4) is 0 Å². The Morgan fingerprint density at radius 1 is 1.50 bits per heavy atom. The molecule has 72 valence electrons. The lowest BCUT2D eigenvalue weighted by Crippen LogP contribution is -2.06. The average molecular weight is 214 g/mol. The summed E-state index contributed by atoms with van der Waals surface area (Å²) in [7, 11) is 0. The van der Waals surface area contributed by atoms with Crippen molar-refractivity contribution in [2.45, 2.75) is 6.42 Å². The Balaban J connectivity index is 2.65. The first-order valence-electron chi connectivity index (χ1n) is 3.87. The second-order valence-electron chi connectivity index (χ2n) is 2.94. The standard InChI is InChI=1S/C9H5ClFNO2/c10-6-2-1-4-5(8(6)11)3-7(12-14)9(4)13/h1-2,14H,3H2. The maximum absolute atomic E-state index is 13.4. The summed E-state index contributed by atoms with van der Waals surface area (Å²) in [5.74, 6) is -1.06. The monoisotopic (exact) mass is 213 g/mol. The highest BCUT2D eigenvalue weighted by Crippen LogP contribution is 2.27.